The Morgan fingerprint density at radius 1 is 1.60 bits per heavy atom. The van der Waals surface area contributed by atoms with Gasteiger partial charge in [0.2, 0.25) is 17.6 Å². The van der Waals surface area contributed by atoms with Crippen molar-refractivity contribution in [2.45, 2.75) is 32.2 Å². The van der Waals surface area contributed by atoms with Gasteiger partial charge in [-0.3, -0.25) is 4.79 Å². The van der Waals surface area contributed by atoms with E-state index in [2.05, 4.69) is 15.5 Å². The molecule has 108 valence electrons. The highest BCUT2D eigenvalue weighted by Gasteiger charge is 2.13. The van der Waals surface area contributed by atoms with Crippen molar-refractivity contribution in [3.63, 3.8) is 0 Å². The number of aliphatic hydroxyl groups is 1. The Hall–Kier alpha value is -1.73. The van der Waals surface area contributed by atoms with E-state index in [9.17, 15) is 4.79 Å². The number of aromatic nitrogens is 2. The fraction of sp³-hybridized carbons (Fsp3) is 0.462. The van der Waals surface area contributed by atoms with E-state index in [0.717, 1.165) is 5.56 Å². The molecule has 2 heterocycles. The maximum atomic E-state index is 11.7. The zero-order chi connectivity index (χ0) is 14.4. The number of carbonyl (C=O) groups is 1. The molecule has 0 aliphatic rings. The number of carbonyl (C=O) groups excluding carboxylic acids is 1. The Morgan fingerprint density at radius 3 is 3.10 bits per heavy atom. The molecule has 0 fully saturated rings. The number of aryl methyl sites for hydroxylation is 1. The Bertz CT molecular complexity index is 535. The summed E-state index contributed by atoms with van der Waals surface area (Å²) in [6.07, 6.45) is 1.36. The molecule has 0 saturated carbocycles. The molecule has 2 rings (SSSR count). The predicted octanol–water partition coefficient (Wildman–Crippen LogP) is 1.62. The van der Waals surface area contributed by atoms with Gasteiger partial charge in [-0.1, -0.05) is 12.1 Å². The number of nitrogens with zero attached hydrogens (tertiary/aromatic N) is 2. The van der Waals surface area contributed by atoms with E-state index in [1.54, 1.807) is 11.3 Å². The third kappa shape index (κ3) is 3.88. The van der Waals surface area contributed by atoms with Crippen LogP contribution in [0.25, 0.3) is 11.4 Å². The summed E-state index contributed by atoms with van der Waals surface area (Å²) in [5, 5.41) is 19.5. The number of rotatable bonds is 7. The quantitative estimate of drug-likeness (QED) is 0.810. The van der Waals surface area contributed by atoms with Crippen LogP contribution in [0.1, 0.15) is 25.7 Å². The zero-order valence-electron chi connectivity index (χ0n) is 11.2. The molecule has 2 aromatic rings. The molecule has 0 spiro atoms. The van der Waals surface area contributed by atoms with Crippen LogP contribution in [0.15, 0.2) is 21.3 Å². The van der Waals surface area contributed by atoms with Crippen LogP contribution in [0.4, 0.5) is 0 Å². The third-order valence-corrected chi connectivity index (χ3v) is 3.57. The number of thiophene rings is 1. The maximum Gasteiger partial charge on any atom is 0.227 e. The van der Waals surface area contributed by atoms with E-state index in [-0.39, 0.29) is 25.0 Å². The van der Waals surface area contributed by atoms with E-state index in [1.807, 2.05) is 23.8 Å². The highest BCUT2D eigenvalue weighted by Crippen LogP contribution is 2.18. The third-order valence-electron chi connectivity index (χ3n) is 2.89. The van der Waals surface area contributed by atoms with Gasteiger partial charge in [-0.05, 0) is 17.9 Å². The van der Waals surface area contributed by atoms with Crippen molar-refractivity contribution in [3.05, 3.63) is 22.7 Å². The number of nitrogens with one attached hydrogen (secondary N) is 1. The van der Waals surface area contributed by atoms with Crippen LogP contribution >= 0.6 is 11.3 Å². The Kier molecular flexibility index (Phi) is 5.25. The summed E-state index contributed by atoms with van der Waals surface area (Å²) in [7, 11) is 0. The van der Waals surface area contributed by atoms with Gasteiger partial charge in [0.05, 0.1) is 12.6 Å². The van der Waals surface area contributed by atoms with Gasteiger partial charge in [-0.25, -0.2) is 0 Å². The summed E-state index contributed by atoms with van der Waals surface area (Å²) in [4.78, 5) is 15.9. The van der Waals surface area contributed by atoms with E-state index < -0.39 is 0 Å². The van der Waals surface area contributed by atoms with Gasteiger partial charge in [-0.2, -0.15) is 16.3 Å². The molecule has 1 unspecified atom stereocenters. The fourth-order valence-electron chi connectivity index (χ4n) is 1.66. The lowest BCUT2D eigenvalue weighted by Crippen LogP contribution is -2.37. The summed E-state index contributed by atoms with van der Waals surface area (Å²) < 4.78 is 5.11. The molecule has 7 heteroatoms. The first-order valence-electron chi connectivity index (χ1n) is 6.48. The van der Waals surface area contributed by atoms with Gasteiger partial charge in [0, 0.05) is 23.8 Å². The Balaban J connectivity index is 1.84. The average molecular weight is 295 g/mol. The largest absolute Gasteiger partial charge is 0.394 e. The van der Waals surface area contributed by atoms with E-state index >= 15 is 0 Å². The number of hydrogen-bond donors (Lipinski definition) is 2. The zero-order valence-corrected chi connectivity index (χ0v) is 12.0. The molecule has 20 heavy (non-hydrogen) atoms. The highest BCUT2D eigenvalue weighted by molar-refractivity contribution is 7.08. The van der Waals surface area contributed by atoms with Crippen molar-refractivity contribution in [2.75, 3.05) is 6.61 Å². The van der Waals surface area contributed by atoms with Gasteiger partial charge >= 0.3 is 0 Å². The monoisotopic (exact) mass is 295 g/mol. The minimum Gasteiger partial charge on any atom is -0.394 e. The molecule has 0 radical (unpaired) electrons. The topological polar surface area (TPSA) is 88.2 Å². The van der Waals surface area contributed by atoms with Crippen LogP contribution in [0.5, 0.6) is 0 Å². The second kappa shape index (κ2) is 7.16. The number of amides is 1. The summed E-state index contributed by atoms with van der Waals surface area (Å²) in [5.74, 6) is 0.864. The molecule has 2 aromatic heterocycles. The van der Waals surface area contributed by atoms with Crippen molar-refractivity contribution >= 4 is 17.2 Å². The fourth-order valence-corrected chi connectivity index (χ4v) is 2.30. The van der Waals surface area contributed by atoms with Gasteiger partial charge < -0.3 is 14.9 Å². The second-order valence-corrected chi connectivity index (χ2v) is 5.16. The molecular formula is C13H17N3O3S. The van der Waals surface area contributed by atoms with Gasteiger partial charge in [-0.15, -0.1) is 0 Å². The standard InChI is InChI=1S/C13H17N3O3S/c1-2-10(7-17)14-11(18)3-4-12-15-13(16-19-12)9-5-6-20-8-9/h5-6,8,10,17H,2-4,7H2,1H3,(H,14,18). The predicted molar refractivity (Wildman–Crippen MR) is 75.2 cm³/mol. The molecule has 0 bridgehead atoms. The molecule has 6 nitrogen and oxygen atoms in total. The van der Waals surface area contributed by atoms with Crippen molar-refractivity contribution in [1.82, 2.24) is 15.5 Å². The molecular weight excluding hydrogens is 278 g/mol. The van der Waals surface area contributed by atoms with Crippen LogP contribution < -0.4 is 5.32 Å². The summed E-state index contributed by atoms with van der Waals surface area (Å²) >= 11 is 1.56. The lowest BCUT2D eigenvalue weighted by Gasteiger charge is -2.13. The first kappa shape index (κ1) is 14.7. The SMILES string of the molecule is CCC(CO)NC(=O)CCc1nc(-c2ccsc2)no1. The first-order valence-corrected chi connectivity index (χ1v) is 7.42. The first-order chi connectivity index (χ1) is 9.72. The molecule has 2 N–H and O–H groups in total. The van der Waals surface area contributed by atoms with Gasteiger partial charge in [0.15, 0.2) is 0 Å². The minimum atomic E-state index is -0.188. The smallest absolute Gasteiger partial charge is 0.227 e. The van der Waals surface area contributed by atoms with Crippen LogP contribution in [-0.2, 0) is 11.2 Å². The molecule has 0 aliphatic carbocycles. The maximum absolute atomic E-state index is 11.7. The normalized spacial score (nSPS) is 12.3. The van der Waals surface area contributed by atoms with Gasteiger partial charge in [0.25, 0.3) is 0 Å². The lowest BCUT2D eigenvalue weighted by atomic mass is 10.2. The van der Waals surface area contributed by atoms with Crippen LogP contribution in [0, 0.1) is 0 Å². The lowest BCUT2D eigenvalue weighted by molar-refractivity contribution is -0.122. The van der Waals surface area contributed by atoms with E-state index in [1.165, 1.54) is 0 Å². The second-order valence-electron chi connectivity index (χ2n) is 4.38. The summed E-state index contributed by atoms with van der Waals surface area (Å²) in [6.45, 7) is 1.86. The molecule has 0 aromatic carbocycles. The van der Waals surface area contributed by atoms with E-state index in [4.69, 9.17) is 9.63 Å². The molecule has 1 amide bonds. The Labute approximate surface area is 120 Å². The van der Waals surface area contributed by atoms with Crippen LogP contribution in [0.3, 0.4) is 0 Å². The van der Waals surface area contributed by atoms with E-state index in [0.29, 0.717) is 24.6 Å². The molecule has 0 aliphatic heterocycles. The molecule has 1 atom stereocenters. The van der Waals surface area contributed by atoms with Crippen LogP contribution in [0.2, 0.25) is 0 Å². The van der Waals surface area contributed by atoms with Crippen molar-refractivity contribution in [1.29, 1.82) is 0 Å². The number of hydrogen-bond acceptors (Lipinski definition) is 6. The minimum absolute atomic E-state index is 0.0505. The summed E-state index contributed by atoms with van der Waals surface area (Å²) in [5.41, 5.74) is 0.917. The van der Waals surface area contributed by atoms with Crippen molar-refractivity contribution in [3.8, 4) is 11.4 Å². The highest BCUT2D eigenvalue weighted by atomic mass is 32.1. The van der Waals surface area contributed by atoms with Gasteiger partial charge in [0.1, 0.15) is 0 Å². The van der Waals surface area contributed by atoms with Crippen molar-refractivity contribution in [2.24, 2.45) is 0 Å². The van der Waals surface area contributed by atoms with Crippen LogP contribution in [-0.4, -0.2) is 33.8 Å². The van der Waals surface area contributed by atoms with Crippen molar-refractivity contribution < 1.29 is 14.4 Å². The Morgan fingerprint density at radius 2 is 2.45 bits per heavy atom. The summed E-state index contributed by atoms with van der Waals surface area (Å²) in [6, 6.07) is 1.73. The average Bonchev–Trinajstić information content (AvgIpc) is 3.12. The molecule has 0 saturated heterocycles. The number of aliphatic hydroxyl groups excluding tert-OH is 1.